The first-order chi connectivity index (χ1) is 10.2. The molecule has 0 aromatic heterocycles. The molecule has 0 radical (unpaired) electrons. The number of benzene rings is 1. The van der Waals surface area contributed by atoms with E-state index in [1.54, 1.807) is 0 Å². The van der Waals surface area contributed by atoms with Gasteiger partial charge in [-0.1, -0.05) is 12.1 Å². The third-order valence-electron chi connectivity index (χ3n) is 4.22. The summed E-state index contributed by atoms with van der Waals surface area (Å²) < 4.78 is 5.45. The van der Waals surface area contributed by atoms with Crippen molar-refractivity contribution >= 4 is 5.91 Å². The molecule has 1 heterocycles. The van der Waals surface area contributed by atoms with Crippen LogP contribution in [-0.2, 0) is 11.2 Å². The largest absolute Gasteiger partial charge is 0.494 e. The number of piperidine rings is 1. The van der Waals surface area contributed by atoms with E-state index in [1.165, 1.54) is 12.0 Å². The van der Waals surface area contributed by atoms with Crippen LogP contribution < -0.4 is 10.5 Å². The Balaban J connectivity index is 1.73. The minimum absolute atomic E-state index is 0.0833. The molecule has 2 rings (SSSR count). The number of nitrogens with two attached hydrogens (primary N) is 1. The molecule has 1 aliphatic rings. The summed E-state index contributed by atoms with van der Waals surface area (Å²) in [7, 11) is 0. The molecular weight excluding hydrogens is 264 g/mol. The van der Waals surface area contributed by atoms with Crippen LogP contribution in [0.2, 0.25) is 0 Å². The van der Waals surface area contributed by atoms with Gasteiger partial charge in [-0.2, -0.15) is 0 Å². The zero-order valence-corrected chi connectivity index (χ0v) is 12.9. The van der Waals surface area contributed by atoms with Gasteiger partial charge in [0.25, 0.3) is 0 Å². The van der Waals surface area contributed by atoms with Gasteiger partial charge in [0.1, 0.15) is 5.75 Å². The van der Waals surface area contributed by atoms with Crippen LogP contribution in [0.5, 0.6) is 5.75 Å². The number of amides is 1. The van der Waals surface area contributed by atoms with E-state index in [-0.39, 0.29) is 12.5 Å². The van der Waals surface area contributed by atoms with Crippen molar-refractivity contribution in [3.8, 4) is 5.75 Å². The van der Waals surface area contributed by atoms with Gasteiger partial charge < -0.3 is 15.4 Å². The second kappa shape index (κ2) is 8.03. The number of hydrogen-bond donors (Lipinski definition) is 1. The molecule has 1 aliphatic heterocycles. The van der Waals surface area contributed by atoms with Gasteiger partial charge in [0.2, 0.25) is 5.91 Å². The highest BCUT2D eigenvalue weighted by molar-refractivity contribution is 5.78. The summed E-state index contributed by atoms with van der Waals surface area (Å²) in [6.45, 7) is 4.57. The maximum absolute atomic E-state index is 11.5. The van der Waals surface area contributed by atoms with Crippen molar-refractivity contribution in [1.82, 2.24) is 4.90 Å². The SMILES string of the molecule is CCOc1ccc(CCC2CCN(C(=O)CN)CC2)cc1. The monoisotopic (exact) mass is 290 g/mol. The highest BCUT2D eigenvalue weighted by atomic mass is 16.5. The second-order valence-electron chi connectivity index (χ2n) is 5.64. The van der Waals surface area contributed by atoms with E-state index in [9.17, 15) is 4.79 Å². The highest BCUT2D eigenvalue weighted by Gasteiger charge is 2.21. The first-order valence-electron chi connectivity index (χ1n) is 7.92. The van der Waals surface area contributed by atoms with Crippen LogP contribution in [0, 0.1) is 5.92 Å². The summed E-state index contributed by atoms with van der Waals surface area (Å²) >= 11 is 0. The summed E-state index contributed by atoms with van der Waals surface area (Å²) in [5, 5.41) is 0. The average molecular weight is 290 g/mol. The Hall–Kier alpha value is -1.55. The molecule has 116 valence electrons. The Labute approximate surface area is 127 Å². The van der Waals surface area contributed by atoms with Crippen molar-refractivity contribution in [2.75, 3.05) is 26.2 Å². The van der Waals surface area contributed by atoms with E-state index in [0.29, 0.717) is 6.61 Å². The summed E-state index contributed by atoms with van der Waals surface area (Å²) in [6.07, 6.45) is 4.49. The molecule has 1 fully saturated rings. The zero-order chi connectivity index (χ0) is 15.1. The van der Waals surface area contributed by atoms with Gasteiger partial charge in [0.15, 0.2) is 0 Å². The molecule has 0 atom stereocenters. The summed E-state index contributed by atoms with van der Waals surface area (Å²) in [6, 6.07) is 8.39. The third-order valence-corrected chi connectivity index (χ3v) is 4.22. The van der Waals surface area contributed by atoms with Crippen LogP contribution in [-0.4, -0.2) is 37.0 Å². The Morgan fingerprint density at radius 3 is 2.52 bits per heavy atom. The zero-order valence-electron chi connectivity index (χ0n) is 12.9. The molecule has 0 saturated carbocycles. The first-order valence-corrected chi connectivity index (χ1v) is 7.92. The maximum atomic E-state index is 11.5. The van der Waals surface area contributed by atoms with Gasteiger partial charge >= 0.3 is 0 Å². The van der Waals surface area contributed by atoms with Crippen molar-refractivity contribution in [3.63, 3.8) is 0 Å². The van der Waals surface area contributed by atoms with E-state index in [2.05, 4.69) is 12.1 Å². The molecule has 0 unspecified atom stereocenters. The third kappa shape index (κ3) is 4.74. The fraction of sp³-hybridized carbons (Fsp3) is 0.588. The van der Waals surface area contributed by atoms with Crippen molar-refractivity contribution in [1.29, 1.82) is 0 Å². The van der Waals surface area contributed by atoms with E-state index < -0.39 is 0 Å². The quantitative estimate of drug-likeness (QED) is 0.874. The topological polar surface area (TPSA) is 55.6 Å². The van der Waals surface area contributed by atoms with Crippen LogP contribution >= 0.6 is 0 Å². The van der Waals surface area contributed by atoms with Crippen LogP contribution in [0.4, 0.5) is 0 Å². The predicted octanol–water partition coefficient (Wildman–Crippen LogP) is 2.22. The summed E-state index contributed by atoms with van der Waals surface area (Å²) in [4.78, 5) is 13.4. The predicted molar refractivity (Wildman–Crippen MR) is 84.3 cm³/mol. The number of likely N-dealkylation sites (tertiary alicyclic amines) is 1. The molecule has 0 spiro atoms. The smallest absolute Gasteiger partial charge is 0.236 e. The molecule has 1 saturated heterocycles. The minimum atomic E-state index is 0.0833. The Morgan fingerprint density at radius 2 is 1.95 bits per heavy atom. The molecule has 4 heteroatoms. The maximum Gasteiger partial charge on any atom is 0.236 e. The number of nitrogens with zero attached hydrogens (tertiary/aromatic N) is 1. The van der Waals surface area contributed by atoms with Crippen molar-refractivity contribution < 1.29 is 9.53 Å². The van der Waals surface area contributed by atoms with Gasteiger partial charge in [-0.3, -0.25) is 4.79 Å². The van der Waals surface area contributed by atoms with Crippen LogP contribution in [0.3, 0.4) is 0 Å². The van der Waals surface area contributed by atoms with E-state index in [1.807, 2.05) is 24.0 Å². The Bertz CT molecular complexity index is 437. The molecule has 1 aromatic rings. The van der Waals surface area contributed by atoms with Gasteiger partial charge in [-0.05, 0) is 56.2 Å². The molecule has 21 heavy (non-hydrogen) atoms. The lowest BCUT2D eigenvalue weighted by Crippen LogP contribution is -2.41. The highest BCUT2D eigenvalue weighted by Crippen LogP contribution is 2.23. The van der Waals surface area contributed by atoms with Gasteiger partial charge in [0.05, 0.1) is 13.2 Å². The van der Waals surface area contributed by atoms with E-state index >= 15 is 0 Å². The van der Waals surface area contributed by atoms with E-state index in [4.69, 9.17) is 10.5 Å². The first kappa shape index (κ1) is 15.8. The molecule has 4 nitrogen and oxygen atoms in total. The normalized spacial score (nSPS) is 16.0. The summed E-state index contributed by atoms with van der Waals surface area (Å²) in [5.74, 6) is 1.74. The lowest BCUT2D eigenvalue weighted by atomic mass is 9.90. The Kier molecular flexibility index (Phi) is 6.05. The molecule has 1 aromatic carbocycles. The van der Waals surface area contributed by atoms with Crippen molar-refractivity contribution in [3.05, 3.63) is 29.8 Å². The lowest BCUT2D eigenvalue weighted by molar-refractivity contribution is -0.131. The second-order valence-corrected chi connectivity index (χ2v) is 5.64. The molecule has 0 aliphatic carbocycles. The van der Waals surface area contributed by atoms with Gasteiger partial charge in [-0.15, -0.1) is 0 Å². The molecule has 0 bridgehead atoms. The van der Waals surface area contributed by atoms with Gasteiger partial charge in [0, 0.05) is 13.1 Å². The number of carbonyl (C=O) groups excluding carboxylic acids is 1. The Morgan fingerprint density at radius 1 is 1.29 bits per heavy atom. The fourth-order valence-corrected chi connectivity index (χ4v) is 2.89. The van der Waals surface area contributed by atoms with E-state index in [0.717, 1.165) is 44.0 Å². The minimum Gasteiger partial charge on any atom is -0.494 e. The number of ether oxygens (including phenoxy) is 1. The van der Waals surface area contributed by atoms with Crippen LogP contribution in [0.25, 0.3) is 0 Å². The standard InChI is InChI=1S/C17H26N2O2/c1-2-21-16-7-5-14(6-8-16)3-4-15-9-11-19(12-10-15)17(20)13-18/h5-8,15H,2-4,9-13,18H2,1H3. The van der Waals surface area contributed by atoms with Crippen LogP contribution in [0.1, 0.15) is 31.7 Å². The molecular formula is C17H26N2O2. The lowest BCUT2D eigenvalue weighted by Gasteiger charge is -2.31. The van der Waals surface area contributed by atoms with Gasteiger partial charge in [-0.25, -0.2) is 0 Å². The molecule has 1 amide bonds. The molecule has 2 N–H and O–H groups in total. The van der Waals surface area contributed by atoms with Crippen molar-refractivity contribution in [2.45, 2.75) is 32.6 Å². The average Bonchev–Trinajstić information content (AvgIpc) is 2.54. The fourth-order valence-electron chi connectivity index (χ4n) is 2.89. The van der Waals surface area contributed by atoms with Crippen molar-refractivity contribution in [2.24, 2.45) is 11.7 Å². The number of hydrogen-bond acceptors (Lipinski definition) is 3. The van der Waals surface area contributed by atoms with Crippen LogP contribution in [0.15, 0.2) is 24.3 Å². The summed E-state index contributed by atoms with van der Waals surface area (Å²) in [5.41, 5.74) is 6.76. The number of carbonyl (C=O) groups is 1. The number of rotatable bonds is 6. The number of aryl methyl sites for hydroxylation is 1.